The van der Waals surface area contributed by atoms with Gasteiger partial charge in [0.15, 0.2) is 0 Å². The molecular weight excluding hydrogens is 240 g/mol. The molecule has 2 saturated carbocycles. The van der Waals surface area contributed by atoms with Gasteiger partial charge < -0.3 is 4.74 Å². The zero-order valence-corrected chi connectivity index (χ0v) is 12.1. The van der Waals surface area contributed by atoms with E-state index in [0.717, 1.165) is 19.1 Å². The number of aldehydes is 1. The van der Waals surface area contributed by atoms with Crippen molar-refractivity contribution in [1.82, 2.24) is 0 Å². The zero-order chi connectivity index (χ0) is 14.0. The van der Waals surface area contributed by atoms with Crippen molar-refractivity contribution < 1.29 is 14.3 Å². The van der Waals surface area contributed by atoms with Crippen LogP contribution in [-0.2, 0) is 14.3 Å². The molecule has 0 amide bonds. The summed E-state index contributed by atoms with van der Waals surface area (Å²) in [5, 5.41) is 0. The Morgan fingerprint density at radius 3 is 2.42 bits per heavy atom. The Labute approximate surface area is 115 Å². The Morgan fingerprint density at radius 1 is 1.21 bits per heavy atom. The number of ether oxygens (including phenoxy) is 1. The molecule has 0 aromatic heterocycles. The van der Waals surface area contributed by atoms with Crippen molar-refractivity contribution in [3.05, 3.63) is 11.6 Å². The second-order valence-electron chi connectivity index (χ2n) is 6.55. The van der Waals surface area contributed by atoms with Gasteiger partial charge in [-0.1, -0.05) is 26.3 Å². The third-order valence-corrected chi connectivity index (χ3v) is 4.63. The van der Waals surface area contributed by atoms with Gasteiger partial charge in [0.2, 0.25) is 0 Å². The Kier molecular flexibility index (Phi) is 4.12. The van der Waals surface area contributed by atoms with E-state index in [2.05, 4.69) is 13.8 Å². The van der Waals surface area contributed by atoms with Gasteiger partial charge in [0.05, 0.1) is 5.92 Å². The van der Waals surface area contributed by atoms with Crippen LogP contribution in [-0.4, -0.2) is 18.4 Å². The lowest BCUT2D eigenvalue weighted by Gasteiger charge is -2.22. The lowest BCUT2D eigenvalue weighted by Crippen LogP contribution is -2.23. The fourth-order valence-electron chi connectivity index (χ4n) is 3.18. The lowest BCUT2D eigenvalue weighted by atomic mass is 9.98. The molecule has 0 spiro atoms. The van der Waals surface area contributed by atoms with E-state index in [0.29, 0.717) is 5.57 Å². The molecule has 2 atom stereocenters. The Morgan fingerprint density at radius 2 is 1.84 bits per heavy atom. The molecule has 0 saturated heterocycles. The van der Waals surface area contributed by atoms with Gasteiger partial charge in [0, 0.05) is 0 Å². The summed E-state index contributed by atoms with van der Waals surface area (Å²) in [5.74, 6) is -0.00466. The van der Waals surface area contributed by atoms with Crippen LogP contribution in [0.15, 0.2) is 11.6 Å². The minimum Gasteiger partial charge on any atom is -0.462 e. The molecule has 2 unspecified atom stereocenters. The van der Waals surface area contributed by atoms with Crippen LogP contribution in [0.5, 0.6) is 0 Å². The predicted molar refractivity (Wildman–Crippen MR) is 73.5 cm³/mol. The monoisotopic (exact) mass is 264 g/mol. The summed E-state index contributed by atoms with van der Waals surface area (Å²) in [6.07, 6.45) is 8.48. The predicted octanol–water partition coefficient (Wildman–Crippen LogP) is 3.28. The van der Waals surface area contributed by atoms with Gasteiger partial charge in [-0.2, -0.15) is 0 Å². The SMILES string of the molecule is CC(C=O)=CC1C(C(=O)OC2CCCCC2)C1(C)C. The molecule has 106 valence electrons. The summed E-state index contributed by atoms with van der Waals surface area (Å²) in [5.41, 5.74) is 0.627. The smallest absolute Gasteiger partial charge is 0.310 e. The van der Waals surface area contributed by atoms with Gasteiger partial charge in [-0.3, -0.25) is 9.59 Å². The molecule has 0 aromatic rings. The van der Waals surface area contributed by atoms with Crippen molar-refractivity contribution in [1.29, 1.82) is 0 Å². The molecule has 0 aliphatic heterocycles. The minimum absolute atomic E-state index is 0.0724. The van der Waals surface area contributed by atoms with Crippen LogP contribution in [0, 0.1) is 17.3 Å². The van der Waals surface area contributed by atoms with E-state index in [-0.39, 0.29) is 29.3 Å². The highest BCUT2D eigenvalue weighted by Crippen LogP contribution is 2.60. The van der Waals surface area contributed by atoms with E-state index in [1.807, 2.05) is 6.08 Å². The highest BCUT2D eigenvalue weighted by Gasteiger charge is 2.61. The van der Waals surface area contributed by atoms with Crippen molar-refractivity contribution in [2.75, 3.05) is 0 Å². The molecule has 0 N–H and O–H groups in total. The van der Waals surface area contributed by atoms with Crippen molar-refractivity contribution in [3.8, 4) is 0 Å². The van der Waals surface area contributed by atoms with Gasteiger partial charge in [-0.25, -0.2) is 0 Å². The first kappa shape index (κ1) is 14.3. The summed E-state index contributed by atoms with van der Waals surface area (Å²) in [6.45, 7) is 5.92. The number of hydrogen-bond acceptors (Lipinski definition) is 3. The average molecular weight is 264 g/mol. The number of rotatable bonds is 4. The molecule has 0 radical (unpaired) electrons. The lowest BCUT2D eigenvalue weighted by molar-refractivity contribution is -0.153. The molecule has 19 heavy (non-hydrogen) atoms. The number of hydrogen-bond donors (Lipinski definition) is 0. The fraction of sp³-hybridized carbons (Fsp3) is 0.750. The molecule has 3 heteroatoms. The molecule has 0 heterocycles. The van der Waals surface area contributed by atoms with E-state index in [1.54, 1.807) is 6.92 Å². The van der Waals surface area contributed by atoms with Crippen LogP contribution in [0.2, 0.25) is 0 Å². The van der Waals surface area contributed by atoms with E-state index in [4.69, 9.17) is 4.74 Å². The van der Waals surface area contributed by atoms with Crippen molar-refractivity contribution in [2.45, 2.75) is 59.0 Å². The van der Waals surface area contributed by atoms with Crippen molar-refractivity contribution in [3.63, 3.8) is 0 Å². The molecule has 2 fully saturated rings. The molecule has 3 nitrogen and oxygen atoms in total. The maximum Gasteiger partial charge on any atom is 0.310 e. The molecule has 2 aliphatic rings. The van der Waals surface area contributed by atoms with Crippen LogP contribution >= 0.6 is 0 Å². The summed E-state index contributed by atoms with van der Waals surface area (Å²) in [6, 6.07) is 0. The first-order valence-electron chi connectivity index (χ1n) is 7.31. The molecule has 0 aromatic carbocycles. The molecule has 2 aliphatic carbocycles. The maximum atomic E-state index is 12.2. The standard InChI is InChI=1S/C16H24O3/c1-11(10-17)9-13-14(16(13,2)3)15(18)19-12-7-5-4-6-8-12/h9-10,12-14H,4-8H2,1-3H3. The fourth-order valence-corrected chi connectivity index (χ4v) is 3.18. The van der Waals surface area contributed by atoms with Gasteiger partial charge in [-0.15, -0.1) is 0 Å². The number of allylic oxidation sites excluding steroid dienone is 2. The normalized spacial score (nSPS) is 30.8. The van der Waals surface area contributed by atoms with Crippen LogP contribution in [0.25, 0.3) is 0 Å². The van der Waals surface area contributed by atoms with Gasteiger partial charge in [0.1, 0.15) is 12.4 Å². The first-order chi connectivity index (χ1) is 8.96. The molecule has 2 rings (SSSR count). The van der Waals surface area contributed by atoms with Crippen LogP contribution < -0.4 is 0 Å². The topological polar surface area (TPSA) is 43.4 Å². The Hall–Kier alpha value is -1.12. The number of carbonyl (C=O) groups is 2. The number of esters is 1. The third-order valence-electron chi connectivity index (χ3n) is 4.63. The summed E-state index contributed by atoms with van der Waals surface area (Å²) < 4.78 is 5.64. The Balaban J connectivity index is 1.94. The largest absolute Gasteiger partial charge is 0.462 e. The summed E-state index contributed by atoms with van der Waals surface area (Å²) in [4.78, 5) is 22.9. The van der Waals surface area contributed by atoms with Crippen molar-refractivity contribution in [2.24, 2.45) is 17.3 Å². The third kappa shape index (κ3) is 3.07. The van der Waals surface area contributed by atoms with E-state index < -0.39 is 0 Å². The van der Waals surface area contributed by atoms with Gasteiger partial charge in [0.25, 0.3) is 0 Å². The summed E-state index contributed by atoms with van der Waals surface area (Å²) in [7, 11) is 0. The maximum absolute atomic E-state index is 12.2. The second kappa shape index (κ2) is 5.48. The average Bonchev–Trinajstić information content (AvgIpc) is 2.91. The van der Waals surface area contributed by atoms with Crippen LogP contribution in [0.1, 0.15) is 52.9 Å². The first-order valence-corrected chi connectivity index (χ1v) is 7.31. The van der Waals surface area contributed by atoms with Crippen molar-refractivity contribution >= 4 is 12.3 Å². The van der Waals surface area contributed by atoms with E-state index in [9.17, 15) is 9.59 Å². The molecule has 0 bridgehead atoms. The van der Waals surface area contributed by atoms with Crippen LogP contribution in [0.3, 0.4) is 0 Å². The van der Waals surface area contributed by atoms with Gasteiger partial charge >= 0.3 is 5.97 Å². The minimum atomic E-state index is -0.0793. The zero-order valence-electron chi connectivity index (χ0n) is 12.1. The quantitative estimate of drug-likeness (QED) is 0.444. The van der Waals surface area contributed by atoms with Crippen LogP contribution in [0.4, 0.5) is 0 Å². The number of carbonyl (C=O) groups excluding carboxylic acids is 2. The van der Waals surface area contributed by atoms with E-state index >= 15 is 0 Å². The highest BCUT2D eigenvalue weighted by molar-refractivity contribution is 5.79. The second-order valence-corrected chi connectivity index (χ2v) is 6.55. The highest BCUT2D eigenvalue weighted by atomic mass is 16.5. The Bertz CT molecular complexity index is 389. The summed E-state index contributed by atoms with van der Waals surface area (Å²) >= 11 is 0. The molecular formula is C16H24O3. The van der Waals surface area contributed by atoms with E-state index in [1.165, 1.54) is 19.3 Å². The van der Waals surface area contributed by atoms with Gasteiger partial charge in [-0.05, 0) is 49.5 Å².